The number of methoxy groups -OCH3 is 2. The van der Waals surface area contributed by atoms with Crippen molar-refractivity contribution in [3.63, 3.8) is 0 Å². The summed E-state index contributed by atoms with van der Waals surface area (Å²) in [5.41, 5.74) is 3.43. The molecule has 2 amide bonds. The lowest BCUT2D eigenvalue weighted by atomic mass is 10.0. The van der Waals surface area contributed by atoms with Crippen LogP contribution in [0.4, 0.5) is 11.4 Å². The molecule has 0 radical (unpaired) electrons. The van der Waals surface area contributed by atoms with E-state index in [0.29, 0.717) is 68.1 Å². The van der Waals surface area contributed by atoms with Crippen LogP contribution >= 0.6 is 0 Å². The van der Waals surface area contributed by atoms with Crippen LogP contribution in [0.3, 0.4) is 0 Å². The summed E-state index contributed by atoms with van der Waals surface area (Å²) < 4.78 is 86.9. The smallest absolute Gasteiger partial charge is 0.294 e. The molecule has 0 fully saturated rings. The minimum Gasteiger partial charge on any atom is -0.493 e. The fraction of sp³-hybridized carbons (Fsp3) is 0.385. The molecule has 0 saturated carbocycles. The van der Waals surface area contributed by atoms with Crippen molar-refractivity contribution in [3.05, 3.63) is 107 Å². The molecule has 2 aliphatic heterocycles. The number of carbonyl (C=O) groups excluding carboxylic acids is 2. The zero-order valence-corrected chi connectivity index (χ0v) is 43.3. The summed E-state index contributed by atoms with van der Waals surface area (Å²) in [5.74, 6) is 2.79. The first-order chi connectivity index (χ1) is 33.3. The van der Waals surface area contributed by atoms with E-state index in [0.717, 1.165) is 21.9 Å². The number of amides is 2. The molecule has 2 aliphatic rings. The van der Waals surface area contributed by atoms with Gasteiger partial charge in [0.05, 0.1) is 58.0 Å². The summed E-state index contributed by atoms with van der Waals surface area (Å²) >= 11 is 0. The first-order valence-corrected chi connectivity index (χ1v) is 26.1. The Morgan fingerprint density at radius 1 is 0.514 bits per heavy atom. The first kappa shape index (κ1) is 56.2. The zero-order valence-electron chi connectivity index (χ0n) is 41.6. The van der Waals surface area contributed by atoms with Crippen LogP contribution in [0.15, 0.2) is 116 Å². The maximum absolute atomic E-state index is 13.2. The Morgan fingerprint density at radius 2 is 0.829 bits per heavy atom. The molecule has 4 aromatic carbocycles. The second-order valence-corrected chi connectivity index (χ2v) is 19.2. The van der Waals surface area contributed by atoms with Crippen LogP contribution < -0.4 is 29.0 Å². The minimum absolute atomic E-state index is 0.131. The topological polar surface area (TPSA) is 211 Å². The van der Waals surface area contributed by atoms with E-state index < -0.39 is 32.1 Å². The molecular weight excluding hydrogens is 937 g/mol. The summed E-state index contributed by atoms with van der Waals surface area (Å²) in [6, 6.07) is 20.5. The zero-order chi connectivity index (χ0) is 51.8. The minimum atomic E-state index is -4.38. The molecule has 0 aromatic heterocycles. The molecule has 0 saturated heterocycles. The number of anilines is 2. The van der Waals surface area contributed by atoms with Gasteiger partial charge in [-0.05, 0) is 122 Å². The Labute approximate surface area is 413 Å². The van der Waals surface area contributed by atoms with Crippen LogP contribution in [0.2, 0.25) is 0 Å². The largest absolute Gasteiger partial charge is 0.493 e. The molecule has 70 heavy (non-hydrogen) atoms. The summed E-state index contributed by atoms with van der Waals surface area (Å²) in [5, 5.41) is 10.9. The lowest BCUT2D eigenvalue weighted by molar-refractivity contribution is -0.115. The van der Waals surface area contributed by atoms with E-state index >= 15 is 0 Å². The Morgan fingerprint density at radius 3 is 1.09 bits per heavy atom. The first-order valence-electron chi connectivity index (χ1n) is 23.3. The number of rotatable bonds is 19. The van der Waals surface area contributed by atoms with Crippen molar-refractivity contribution in [3.8, 4) is 23.0 Å². The van der Waals surface area contributed by atoms with Gasteiger partial charge < -0.3 is 18.9 Å². The molecule has 0 unspecified atom stereocenters. The van der Waals surface area contributed by atoms with Crippen LogP contribution in [-0.2, 0) is 29.8 Å². The van der Waals surface area contributed by atoms with E-state index in [2.05, 4.69) is 51.7 Å². The highest BCUT2D eigenvalue weighted by atomic mass is 32.2. The molecule has 6 rings (SSSR count). The maximum atomic E-state index is 13.2. The van der Waals surface area contributed by atoms with Crippen LogP contribution in [0.5, 0.6) is 23.0 Å². The lowest BCUT2D eigenvalue weighted by Crippen LogP contribution is -2.21. The molecule has 378 valence electrons. The van der Waals surface area contributed by atoms with Gasteiger partial charge in [-0.25, -0.2) is 0 Å². The Kier molecular flexibility index (Phi) is 20.9. The highest BCUT2D eigenvalue weighted by Gasteiger charge is 2.30. The predicted octanol–water partition coefficient (Wildman–Crippen LogP) is 10.9. The molecule has 0 spiro atoms. The van der Waals surface area contributed by atoms with Gasteiger partial charge in [0.2, 0.25) is 0 Å². The normalized spacial score (nSPS) is 14.9. The third-order valence-electron chi connectivity index (χ3n) is 11.9. The SMILES string of the molecule is CCC(CC)CC.CCC(CC)CC.COc1cc(/C=C2\C(=O)N(c3ccc(S(=O)(=O)O)cc3)N=C2C)ccc1OCCOc1ccc(/C=C2/C(=O)N(c3ccc(S(=O)(=O)O)cc3)N=C2C)cc1OC. The second-order valence-electron chi connectivity index (χ2n) is 16.4. The van der Waals surface area contributed by atoms with Crippen LogP contribution in [0.1, 0.15) is 105 Å². The molecule has 2 heterocycles. The number of ether oxygens (including phenoxy) is 4. The van der Waals surface area contributed by atoms with Crippen molar-refractivity contribution in [1.29, 1.82) is 0 Å². The highest BCUT2D eigenvalue weighted by molar-refractivity contribution is 7.86. The third kappa shape index (κ3) is 15.1. The van der Waals surface area contributed by atoms with E-state index in [1.807, 2.05) is 0 Å². The van der Waals surface area contributed by atoms with Crippen molar-refractivity contribution < 1.29 is 54.5 Å². The number of nitrogens with zero attached hydrogens (tertiary/aromatic N) is 4. The monoisotopic (exact) mass is 1000 g/mol. The van der Waals surface area contributed by atoms with Gasteiger partial charge in [-0.2, -0.15) is 37.1 Å². The maximum Gasteiger partial charge on any atom is 0.294 e. The molecule has 18 heteroatoms. The van der Waals surface area contributed by atoms with Gasteiger partial charge in [0.15, 0.2) is 23.0 Å². The van der Waals surface area contributed by atoms with E-state index in [4.69, 9.17) is 18.9 Å². The van der Waals surface area contributed by atoms with Gasteiger partial charge in [-0.15, -0.1) is 0 Å². The van der Waals surface area contributed by atoms with E-state index in [1.165, 1.54) is 101 Å². The molecule has 4 aromatic rings. The van der Waals surface area contributed by atoms with Crippen molar-refractivity contribution in [1.82, 2.24) is 0 Å². The number of hydrogen-bond donors (Lipinski definition) is 2. The van der Waals surface area contributed by atoms with Gasteiger partial charge in [0.25, 0.3) is 32.1 Å². The van der Waals surface area contributed by atoms with Crippen molar-refractivity contribution >= 4 is 67.0 Å². The van der Waals surface area contributed by atoms with Crippen molar-refractivity contribution in [2.45, 2.75) is 104 Å². The quantitative estimate of drug-likeness (QED) is 0.0510. The standard InChI is InChI=1S/C38H34N4O12S2.2C7H16/c1-23-31(37(43)41(39-23)27-7-11-29(12-8-27)55(45,46)47)19-25-5-15-33(35(21-25)51-3)53-17-18-54-34-16-6-26(22-36(34)52-4)20-32-24(2)40-42(38(32)44)28-9-13-30(14-10-28)56(48,49)50;2*1-4-7(5-2)6-3/h5-16,19-22H,17-18H2,1-4H3,(H,45,46,47)(H,48,49,50);2*7H,4-6H2,1-3H3/b31-19-,32-20+;;. The van der Waals surface area contributed by atoms with Crippen LogP contribution in [0.25, 0.3) is 12.2 Å². The fourth-order valence-corrected chi connectivity index (χ4v) is 8.35. The van der Waals surface area contributed by atoms with Crippen LogP contribution in [-0.4, -0.2) is 76.6 Å². The molecule has 0 aliphatic carbocycles. The molecular formula is C52H66N4O12S2. The highest BCUT2D eigenvalue weighted by Crippen LogP contribution is 2.33. The Hall–Kier alpha value is -6.34. The lowest BCUT2D eigenvalue weighted by Gasteiger charge is -2.14. The van der Waals surface area contributed by atoms with E-state index in [1.54, 1.807) is 62.4 Å². The number of hydrazone groups is 2. The van der Waals surface area contributed by atoms with Gasteiger partial charge in [0.1, 0.15) is 13.2 Å². The molecule has 16 nitrogen and oxygen atoms in total. The fourth-order valence-electron chi connectivity index (χ4n) is 7.39. The summed E-state index contributed by atoms with van der Waals surface area (Å²) in [6.45, 7) is 17.2. The average Bonchev–Trinajstić information content (AvgIpc) is 3.79. The van der Waals surface area contributed by atoms with Gasteiger partial charge in [0, 0.05) is 0 Å². The summed E-state index contributed by atoms with van der Waals surface area (Å²) in [7, 11) is -5.80. The van der Waals surface area contributed by atoms with E-state index in [-0.39, 0.29) is 23.0 Å². The third-order valence-corrected chi connectivity index (χ3v) is 13.7. The van der Waals surface area contributed by atoms with Crippen LogP contribution in [0, 0.1) is 11.8 Å². The average molecular weight is 1000 g/mol. The number of hydrogen-bond acceptors (Lipinski definition) is 12. The molecule has 2 N–H and O–H groups in total. The Balaban J connectivity index is 0.000000664. The molecule has 0 atom stereocenters. The Bertz CT molecular complexity index is 2580. The van der Waals surface area contributed by atoms with Gasteiger partial charge in [-0.1, -0.05) is 92.2 Å². The van der Waals surface area contributed by atoms with Crippen molar-refractivity contribution in [2.24, 2.45) is 22.0 Å². The summed E-state index contributed by atoms with van der Waals surface area (Å²) in [4.78, 5) is 25.9. The second kappa shape index (κ2) is 26.0. The number of benzene rings is 4. The molecule has 0 bridgehead atoms. The van der Waals surface area contributed by atoms with E-state index in [9.17, 15) is 35.5 Å². The summed E-state index contributed by atoms with van der Waals surface area (Å²) in [6.07, 6.45) is 11.4. The van der Waals surface area contributed by atoms with Crippen molar-refractivity contribution in [2.75, 3.05) is 37.5 Å². The van der Waals surface area contributed by atoms with Gasteiger partial charge >= 0.3 is 0 Å². The predicted molar refractivity (Wildman–Crippen MR) is 275 cm³/mol. The number of carbonyl (C=O) groups is 2. The van der Waals surface area contributed by atoms with Gasteiger partial charge in [-0.3, -0.25) is 18.7 Å².